The number of hydrogen-bond donors (Lipinski definition) is 0. The highest BCUT2D eigenvalue weighted by Gasteiger charge is 2.48. The molecule has 0 saturated carbocycles. The topological polar surface area (TPSA) is 33.2 Å². The van der Waals surface area contributed by atoms with E-state index in [-0.39, 0.29) is 17.9 Å². The van der Waals surface area contributed by atoms with Crippen LogP contribution in [0.25, 0.3) is 0 Å². The minimum atomic E-state index is -0.536. The van der Waals surface area contributed by atoms with Crippen LogP contribution >= 0.6 is 39.1 Å². The second-order valence-corrected chi connectivity index (χ2v) is 11.2. The maximum absolute atomic E-state index is 14.0. The molecule has 2 aromatic carbocycles. The Kier molecular flexibility index (Phi) is 8.36. The number of benzene rings is 2. The van der Waals surface area contributed by atoms with Crippen LogP contribution in [-0.4, -0.2) is 22.3 Å². The first kappa shape index (κ1) is 25.9. The van der Waals surface area contributed by atoms with Crippen molar-refractivity contribution in [2.75, 3.05) is 6.54 Å². The Hall–Kier alpha value is -2.14. The number of nitrogens with zero attached hydrogens (tertiary/aromatic N) is 2. The standard InChI is InChI=1S/C29H29BrCl2N2O/c1-3-16-29(2)19-25(21-7-4-8-23(32)18-21)27(20-12-14-22(31)15-13-20)34(28(29)35)17-6-10-24-9-5-11-26(30)33-24/h3-5,7-9,11-15,18,25,27H,1,6,10,16-17,19H2,2H3/t25-,27-,29+/m1/s1. The number of piperidine rings is 1. The number of aromatic nitrogens is 1. The van der Waals surface area contributed by atoms with E-state index in [1.54, 1.807) is 0 Å². The Morgan fingerprint density at radius 3 is 2.51 bits per heavy atom. The van der Waals surface area contributed by atoms with Crippen molar-refractivity contribution >= 4 is 45.0 Å². The fraction of sp³-hybridized carbons (Fsp3) is 0.310. The zero-order valence-corrected chi connectivity index (χ0v) is 22.9. The summed E-state index contributed by atoms with van der Waals surface area (Å²) >= 11 is 16.1. The molecule has 6 heteroatoms. The van der Waals surface area contributed by atoms with Crippen LogP contribution in [0.2, 0.25) is 10.0 Å². The molecule has 3 atom stereocenters. The van der Waals surface area contributed by atoms with Gasteiger partial charge in [-0.3, -0.25) is 4.79 Å². The summed E-state index contributed by atoms with van der Waals surface area (Å²) in [6.45, 7) is 6.64. The van der Waals surface area contributed by atoms with Crippen molar-refractivity contribution in [2.24, 2.45) is 5.41 Å². The molecule has 4 rings (SSSR count). The van der Waals surface area contributed by atoms with Crippen LogP contribution in [0.3, 0.4) is 0 Å². The van der Waals surface area contributed by atoms with Crippen LogP contribution in [0.5, 0.6) is 0 Å². The number of halogens is 3. The second-order valence-electron chi connectivity index (χ2n) is 9.47. The Labute approximate surface area is 226 Å². The lowest BCUT2D eigenvalue weighted by Crippen LogP contribution is -2.52. The summed E-state index contributed by atoms with van der Waals surface area (Å²) in [6, 6.07) is 21.7. The van der Waals surface area contributed by atoms with E-state index in [0.717, 1.165) is 40.7 Å². The number of carbonyl (C=O) groups excluding carboxylic acids is 1. The second kappa shape index (κ2) is 11.3. The molecule has 3 aromatic rings. The molecule has 0 aliphatic carbocycles. The molecule has 35 heavy (non-hydrogen) atoms. The monoisotopic (exact) mass is 570 g/mol. The maximum Gasteiger partial charge on any atom is 0.229 e. The van der Waals surface area contributed by atoms with Gasteiger partial charge in [-0.15, -0.1) is 6.58 Å². The molecule has 1 amide bonds. The van der Waals surface area contributed by atoms with Crippen LogP contribution < -0.4 is 0 Å². The highest BCUT2D eigenvalue weighted by molar-refractivity contribution is 9.10. The number of pyridine rings is 1. The lowest BCUT2D eigenvalue weighted by Gasteiger charge is -2.49. The number of aryl methyl sites for hydroxylation is 1. The molecule has 1 fully saturated rings. The Balaban J connectivity index is 1.73. The van der Waals surface area contributed by atoms with Gasteiger partial charge < -0.3 is 4.90 Å². The lowest BCUT2D eigenvalue weighted by molar-refractivity contribution is -0.150. The van der Waals surface area contributed by atoms with Crippen molar-refractivity contribution in [3.8, 4) is 0 Å². The van der Waals surface area contributed by atoms with Crippen LogP contribution in [0.1, 0.15) is 55.0 Å². The van der Waals surface area contributed by atoms with Crippen molar-refractivity contribution in [3.05, 3.63) is 111 Å². The first-order valence-corrected chi connectivity index (χ1v) is 13.4. The summed E-state index contributed by atoms with van der Waals surface area (Å²) in [5, 5.41) is 1.38. The summed E-state index contributed by atoms with van der Waals surface area (Å²) in [6.07, 6.45) is 4.80. The van der Waals surface area contributed by atoms with Gasteiger partial charge in [0.25, 0.3) is 0 Å². The van der Waals surface area contributed by atoms with Gasteiger partial charge in [0.05, 0.1) is 11.5 Å². The largest absolute Gasteiger partial charge is 0.335 e. The summed E-state index contributed by atoms with van der Waals surface area (Å²) < 4.78 is 0.822. The highest BCUT2D eigenvalue weighted by Crippen LogP contribution is 2.51. The van der Waals surface area contributed by atoms with E-state index in [2.05, 4.69) is 45.4 Å². The van der Waals surface area contributed by atoms with Gasteiger partial charge in [0, 0.05) is 28.2 Å². The molecular formula is C29H29BrCl2N2O. The van der Waals surface area contributed by atoms with E-state index in [4.69, 9.17) is 23.2 Å². The number of amides is 1. The van der Waals surface area contributed by atoms with Gasteiger partial charge in [-0.05, 0) is 89.1 Å². The van der Waals surface area contributed by atoms with Gasteiger partial charge >= 0.3 is 0 Å². The van der Waals surface area contributed by atoms with Crippen molar-refractivity contribution in [3.63, 3.8) is 0 Å². The van der Waals surface area contributed by atoms with Crippen LogP contribution in [-0.2, 0) is 11.2 Å². The summed E-state index contributed by atoms with van der Waals surface area (Å²) in [7, 11) is 0. The van der Waals surface area contributed by atoms with E-state index < -0.39 is 5.41 Å². The maximum atomic E-state index is 14.0. The normalized spacial score (nSPS) is 22.3. The fourth-order valence-electron chi connectivity index (χ4n) is 5.23. The van der Waals surface area contributed by atoms with Gasteiger partial charge in [0.2, 0.25) is 5.91 Å². The van der Waals surface area contributed by atoms with Crippen LogP contribution in [0.4, 0.5) is 0 Å². The molecule has 2 heterocycles. The van der Waals surface area contributed by atoms with Gasteiger partial charge in [-0.25, -0.2) is 4.98 Å². The van der Waals surface area contributed by atoms with Gasteiger partial charge in [-0.1, -0.05) is 66.5 Å². The third-order valence-electron chi connectivity index (χ3n) is 6.85. The molecule has 0 bridgehead atoms. The predicted octanol–water partition coefficient (Wildman–Crippen LogP) is 8.42. The molecule has 182 valence electrons. The van der Waals surface area contributed by atoms with Gasteiger partial charge in [0.1, 0.15) is 4.60 Å². The zero-order chi connectivity index (χ0) is 25.0. The summed E-state index contributed by atoms with van der Waals surface area (Å²) in [4.78, 5) is 20.7. The number of allylic oxidation sites excluding steroid dienone is 1. The summed E-state index contributed by atoms with van der Waals surface area (Å²) in [5.41, 5.74) is 2.69. The Morgan fingerprint density at radius 2 is 1.83 bits per heavy atom. The number of hydrogen-bond acceptors (Lipinski definition) is 2. The Morgan fingerprint density at radius 1 is 1.09 bits per heavy atom. The van der Waals surface area contributed by atoms with Gasteiger partial charge in [0.15, 0.2) is 0 Å². The number of likely N-dealkylation sites (tertiary alicyclic amines) is 1. The lowest BCUT2D eigenvalue weighted by atomic mass is 9.67. The third-order valence-corrected chi connectivity index (χ3v) is 7.78. The average molecular weight is 572 g/mol. The van der Waals surface area contributed by atoms with Gasteiger partial charge in [-0.2, -0.15) is 0 Å². The average Bonchev–Trinajstić information content (AvgIpc) is 2.83. The predicted molar refractivity (Wildman–Crippen MR) is 148 cm³/mol. The summed E-state index contributed by atoms with van der Waals surface area (Å²) in [5.74, 6) is 0.249. The smallest absolute Gasteiger partial charge is 0.229 e. The number of carbonyl (C=O) groups is 1. The van der Waals surface area contributed by atoms with Crippen molar-refractivity contribution in [1.82, 2.24) is 9.88 Å². The van der Waals surface area contributed by atoms with Crippen molar-refractivity contribution < 1.29 is 4.79 Å². The third kappa shape index (κ3) is 5.99. The molecule has 0 spiro atoms. The Bertz CT molecular complexity index is 1200. The molecule has 3 nitrogen and oxygen atoms in total. The zero-order valence-electron chi connectivity index (χ0n) is 19.8. The molecule has 0 radical (unpaired) electrons. The van der Waals surface area contributed by atoms with E-state index >= 15 is 0 Å². The first-order chi connectivity index (χ1) is 16.8. The minimum Gasteiger partial charge on any atom is -0.335 e. The fourth-order valence-corrected chi connectivity index (χ4v) is 5.94. The molecule has 1 aliphatic heterocycles. The molecule has 0 N–H and O–H groups in total. The van der Waals surface area contributed by atoms with E-state index in [9.17, 15) is 4.79 Å². The number of rotatable bonds is 8. The molecule has 1 aromatic heterocycles. The van der Waals surface area contributed by atoms with Crippen LogP contribution in [0, 0.1) is 5.41 Å². The molecule has 0 unspecified atom stereocenters. The molecular weight excluding hydrogens is 543 g/mol. The molecule has 1 saturated heterocycles. The first-order valence-electron chi connectivity index (χ1n) is 11.8. The SMILES string of the molecule is C=CC[C@@]1(C)C[C@H](c2cccc(Cl)c2)[C@@H](c2ccc(Cl)cc2)N(CCCc2cccc(Br)n2)C1=O. The van der Waals surface area contributed by atoms with E-state index in [1.165, 1.54) is 0 Å². The van der Waals surface area contributed by atoms with Crippen molar-refractivity contribution in [2.45, 2.75) is 44.6 Å². The molecule has 1 aliphatic rings. The quantitative estimate of drug-likeness (QED) is 0.201. The van der Waals surface area contributed by atoms with Crippen molar-refractivity contribution in [1.29, 1.82) is 0 Å². The van der Waals surface area contributed by atoms with Crippen LogP contribution in [0.15, 0.2) is 84.0 Å². The van der Waals surface area contributed by atoms with E-state index in [0.29, 0.717) is 23.0 Å². The minimum absolute atomic E-state index is 0.0847. The highest BCUT2D eigenvalue weighted by atomic mass is 79.9. The van der Waals surface area contributed by atoms with E-state index in [1.807, 2.05) is 66.7 Å².